The third-order valence-electron chi connectivity index (χ3n) is 1.98. The average Bonchev–Trinajstić information content (AvgIpc) is 2.04. The summed E-state index contributed by atoms with van der Waals surface area (Å²) in [5.74, 6) is -0.958. The molecule has 0 amide bonds. The van der Waals surface area contributed by atoms with Gasteiger partial charge in [-0.25, -0.2) is 0 Å². The summed E-state index contributed by atoms with van der Waals surface area (Å²) in [4.78, 5) is 12.3. The molecular weight excluding hydrogens is 174 g/mol. The number of aliphatic carboxylic acids is 1. The molecule has 0 aromatic rings. The quantitative estimate of drug-likeness (QED) is 0.603. The number of carboxylic acid groups (broad SMARTS) is 1. The standard InChI is InChI=1S/C8H15NO4/c10-7(5-8(11)12)6-9-1-3-13-4-2-9/h7,10H,1-6H2,(H,11,12). The van der Waals surface area contributed by atoms with Crippen molar-refractivity contribution in [3.8, 4) is 0 Å². The van der Waals surface area contributed by atoms with Crippen LogP contribution in [0, 0.1) is 0 Å². The number of hydrogen-bond donors (Lipinski definition) is 2. The van der Waals surface area contributed by atoms with Crippen molar-refractivity contribution in [2.45, 2.75) is 12.5 Å². The number of aliphatic hydroxyl groups excluding tert-OH is 1. The number of β-amino-alcohol motifs (C(OH)–C–C–N with tert-alkyl or cyclic N) is 1. The summed E-state index contributed by atoms with van der Waals surface area (Å²) in [6.07, 6.45) is -0.951. The lowest BCUT2D eigenvalue weighted by Crippen LogP contribution is -2.41. The lowest BCUT2D eigenvalue weighted by atomic mass is 10.2. The van der Waals surface area contributed by atoms with Crippen LogP contribution in [0.1, 0.15) is 6.42 Å². The van der Waals surface area contributed by atoms with Gasteiger partial charge in [-0.1, -0.05) is 0 Å². The van der Waals surface area contributed by atoms with Crippen molar-refractivity contribution in [3.63, 3.8) is 0 Å². The molecule has 5 nitrogen and oxygen atoms in total. The van der Waals surface area contributed by atoms with Gasteiger partial charge in [-0.05, 0) is 0 Å². The largest absolute Gasteiger partial charge is 0.481 e. The first-order valence-electron chi connectivity index (χ1n) is 4.38. The minimum absolute atomic E-state index is 0.183. The number of ether oxygens (including phenoxy) is 1. The van der Waals surface area contributed by atoms with E-state index in [2.05, 4.69) is 0 Å². The van der Waals surface area contributed by atoms with Gasteiger partial charge in [0.25, 0.3) is 0 Å². The third kappa shape index (κ3) is 4.21. The summed E-state index contributed by atoms with van der Waals surface area (Å²) in [5.41, 5.74) is 0. The first-order valence-corrected chi connectivity index (χ1v) is 4.38. The van der Waals surface area contributed by atoms with Crippen LogP contribution in [0.15, 0.2) is 0 Å². The van der Waals surface area contributed by atoms with Gasteiger partial charge in [-0.15, -0.1) is 0 Å². The summed E-state index contributed by atoms with van der Waals surface area (Å²) in [6, 6.07) is 0. The highest BCUT2D eigenvalue weighted by atomic mass is 16.5. The Morgan fingerprint density at radius 3 is 2.62 bits per heavy atom. The van der Waals surface area contributed by atoms with Crippen LogP contribution in [-0.2, 0) is 9.53 Å². The molecule has 1 saturated heterocycles. The van der Waals surface area contributed by atoms with Crippen LogP contribution < -0.4 is 0 Å². The topological polar surface area (TPSA) is 70.0 Å². The molecule has 5 heteroatoms. The Hall–Kier alpha value is -0.650. The third-order valence-corrected chi connectivity index (χ3v) is 1.98. The van der Waals surface area contributed by atoms with E-state index < -0.39 is 12.1 Å². The van der Waals surface area contributed by atoms with Crippen LogP contribution in [0.3, 0.4) is 0 Å². The van der Waals surface area contributed by atoms with Crippen LogP contribution in [-0.4, -0.2) is 60.0 Å². The SMILES string of the molecule is O=C(O)CC(O)CN1CCOCC1. The van der Waals surface area contributed by atoms with Crippen LogP contribution in [0.25, 0.3) is 0 Å². The van der Waals surface area contributed by atoms with E-state index in [1.54, 1.807) is 0 Å². The molecule has 1 heterocycles. The predicted octanol–water partition coefficient (Wildman–Crippen LogP) is -0.846. The van der Waals surface area contributed by atoms with E-state index in [9.17, 15) is 9.90 Å². The molecule has 0 saturated carbocycles. The van der Waals surface area contributed by atoms with Crippen molar-refractivity contribution in [1.82, 2.24) is 4.90 Å². The minimum atomic E-state index is -0.958. The van der Waals surface area contributed by atoms with E-state index in [1.165, 1.54) is 0 Å². The molecule has 0 aliphatic carbocycles. The smallest absolute Gasteiger partial charge is 0.306 e. The van der Waals surface area contributed by atoms with Crippen molar-refractivity contribution in [2.75, 3.05) is 32.8 Å². The number of nitrogens with zero attached hydrogens (tertiary/aromatic N) is 1. The van der Waals surface area contributed by atoms with E-state index in [4.69, 9.17) is 9.84 Å². The summed E-state index contributed by atoms with van der Waals surface area (Å²) in [7, 11) is 0. The minimum Gasteiger partial charge on any atom is -0.481 e. The van der Waals surface area contributed by atoms with E-state index in [1.807, 2.05) is 4.90 Å². The molecule has 1 rings (SSSR count). The summed E-state index contributed by atoms with van der Waals surface area (Å²) >= 11 is 0. The van der Waals surface area contributed by atoms with Gasteiger partial charge in [-0.2, -0.15) is 0 Å². The highest BCUT2D eigenvalue weighted by molar-refractivity contribution is 5.67. The van der Waals surface area contributed by atoms with Crippen molar-refractivity contribution >= 4 is 5.97 Å². The van der Waals surface area contributed by atoms with Gasteiger partial charge in [0.1, 0.15) is 0 Å². The zero-order valence-corrected chi connectivity index (χ0v) is 7.48. The van der Waals surface area contributed by atoms with Gasteiger partial charge in [0.2, 0.25) is 0 Å². The molecule has 0 spiro atoms. The second kappa shape index (κ2) is 5.16. The zero-order chi connectivity index (χ0) is 9.68. The average molecular weight is 189 g/mol. The molecule has 13 heavy (non-hydrogen) atoms. The molecule has 1 aliphatic heterocycles. The normalized spacial score (nSPS) is 21.3. The number of morpholine rings is 1. The maximum absolute atomic E-state index is 10.2. The molecule has 0 aromatic carbocycles. The summed E-state index contributed by atoms with van der Waals surface area (Å²) < 4.78 is 5.12. The van der Waals surface area contributed by atoms with Gasteiger partial charge in [-0.3, -0.25) is 9.69 Å². The van der Waals surface area contributed by atoms with Gasteiger partial charge in [0, 0.05) is 19.6 Å². The molecule has 0 radical (unpaired) electrons. The maximum atomic E-state index is 10.2. The van der Waals surface area contributed by atoms with E-state index in [-0.39, 0.29) is 6.42 Å². The number of carboxylic acids is 1. The second-order valence-electron chi connectivity index (χ2n) is 3.16. The Morgan fingerprint density at radius 2 is 2.08 bits per heavy atom. The van der Waals surface area contributed by atoms with Crippen LogP contribution in [0.5, 0.6) is 0 Å². The van der Waals surface area contributed by atoms with Crippen molar-refractivity contribution in [3.05, 3.63) is 0 Å². The van der Waals surface area contributed by atoms with Gasteiger partial charge >= 0.3 is 5.97 Å². The molecule has 0 bridgehead atoms. The first kappa shape index (κ1) is 10.4. The molecule has 2 N–H and O–H groups in total. The Kier molecular flexibility index (Phi) is 4.14. The maximum Gasteiger partial charge on any atom is 0.306 e. The number of carbonyl (C=O) groups is 1. The van der Waals surface area contributed by atoms with Crippen molar-refractivity contribution < 1.29 is 19.7 Å². The van der Waals surface area contributed by atoms with Crippen LogP contribution >= 0.6 is 0 Å². The van der Waals surface area contributed by atoms with Gasteiger partial charge < -0.3 is 14.9 Å². The fourth-order valence-electron chi connectivity index (χ4n) is 1.35. The fourth-order valence-corrected chi connectivity index (χ4v) is 1.35. The summed E-state index contributed by atoms with van der Waals surface area (Å²) in [6.45, 7) is 3.31. The molecule has 1 fully saturated rings. The molecule has 76 valence electrons. The molecular formula is C8H15NO4. The van der Waals surface area contributed by atoms with E-state index in [0.717, 1.165) is 13.1 Å². The predicted molar refractivity (Wildman–Crippen MR) is 45.5 cm³/mol. The van der Waals surface area contributed by atoms with E-state index >= 15 is 0 Å². The van der Waals surface area contributed by atoms with Crippen LogP contribution in [0.2, 0.25) is 0 Å². The Labute approximate surface area is 76.9 Å². The monoisotopic (exact) mass is 189 g/mol. The van der Waals surface area contributed by atoms with Crippen molar-refractivity contribution in [2.24, 2.45) is 0 Å². The highest BCUT2D eigenvalue weighted by Gasteiger charge is 2.16. The lowest BCUT2D eigenvalue weighted by Gasteiger charge is -2.27. The molecule has 1 unspecified atom stereocenters. The Bertz CT molecular complexity index is 168. The zero-order valence-electron chi connectivity index (χ0n) is 7.48. The van der Waals surface area contributed by atoms with E-state index in [0.29, 0.717) is 19.8 Å². The fraction of sp³-hybridized carbons (Fsp3) is 0.875. The Morgan fingerprint density at radius 1 is 1.46 bits per heavy atom. The number of rotatable bonds is 4. The number of aliphatic hydroxyl groups is 1. The van der Waals surface area contributed by atoms with Crippen LogP contribution in [0.4, 0.5) is 0 Å². The number of hydrogen-bond acceptors (Lipinski definition) is 4. The highest BCUT2D eigenvalue weighted by Crippen LogP contribution is 2.00. The Balaban J connectivity index is 2.18. The molecule has 0 aromatic heterocycles. The summed E-state index contributed by atoms with van der Waals surface area (Å²) in [5, 5.41) is 17.7. The second-order valence-corrected chi connectivity index (χ2v) is 3.16. The van der Waals surface area contributed by atoms with Gasteiger partial charge in [0.05, 0.1) is 25.7 Å². The lowest BCUT2D eigenvalue weighted by molar-refractivity contribution is -0.139. The molecule has 1 atom stereocenters. The van der Waals surface area contributed by atoms with Crippen molar-refractivity contribution in [1.29, 1.82) is 0 Å². The van der Waals surface area contributed by atoms with Gasteiger partial charge in [0.15, 0.2) is 0 Å². The molecule has 1 aliphatic rings. The first-order chi connectivity index (χ1) is 6.18.